The minimum atomic E-state index is -3.46. The molecule has 1 saturated heterocycles. The van der Waals surface area contributed by atoms with Crippen LogP contribution in [0.5, 0.6) is 0 Å². The van der Waals surface area contributed by atoms with Crippen molar-refractivity contribution in [3.8, 4) is 0 Å². The van der Waals surface area contributed by atoms with Crippen LogP contribution in [0.25, 0.3) is 0 Å². The van der Waals surface area contributed by atoms with Gasteiger partial charge in [-0.3, -0.25) is 4.98 Å². The second kappa shape index (κ2) is 6.86. The van der Waals surface area contributed by atoms with Crippen LogP contribution in [-0.2, 0) is 16.4 Å². The molecule has 24 heavy (non-hydrogen) atoms. The van der Waals surface area contributed by atoms with Gasteiger partial charge in [-0.05, 0) is 43.7 Å². The van der Waals surface area contributed by atoms with Gasteiger partial charge in [-0.25, -0.2) is 13.4 Å². The van der Waals surface area contributed by atoms with Crippen LogP contribution in [0, 0.1) is 12.8 Å². The van der Waals surface area contributed by atoms with E-state index in [4.69, 9.17) is 5.73 Å². The fourth-order valence-corrected chi connectivity index (χ4v) is 4.99. The molecule has 2 heterocycles. The molecule has 1 aromatic carbocycles. The van der Waals surface area contributed by atoms with Crippen molar-refractivity contribution in [1.82, 2.24) is 14.3 Å². The van der Waals surface area contributed by atoms with Crippen LogP contribution in [0.15, 0.2) is 41.6 Å². The maximum absolute atomic E-state index is 12.9. The van der Waals surface area contributed by atoms with Gasteiger partial charge in [0.05, 0.1) is 10.6 Å². The topological polar surface area (TPSA) is 89.2 Å². The number of nitrogen functional groups attached to an aromatic ring is 1. The normalized spacial score (nSPS) is 19.3. The molecule has 1 atom stereocenters. The van der Waals surface area contributed by atoms with E-state index in [9.17, 15) is 8.42 Å². The number of anilines is 1. The molecule has 128 valence electrons. The molecule has 0 aliphatic carbocycles. The third-order valence-corrected chi connectivity index (χ3v) is 6.51. The molecule has 1 unspecified atom stereocenters. The average molecular weight is 346 g/mol. The summed E-state index contributed by atoms with van der Waals surface area (Å²) in [6, 6.07) is 7.12. The van der Waals surface area contributed by atoms with E-state index in [1.54, 1.807) is 28.8 Å². The minimum absolute atomic E-state index is 0.205. The van der Waals surface area contributed by atoms with Crippen LogP contribution in [0.3, 0.4) is 0 Å². The van der Waals surface area contributed by atoms with Crippen LogP contribution >= 0.6 is 0 Å². The number of aromatic nitrogens is 2. The molecule has 0 radical (unpaired) electrons. The number of nitrogens with two attached hydrogens (primary N) is 1. The molecule has 0 amide bonds. The third kappa shape index (κ3) is 3.42. The van der Waals surface area contributed by atoms with Crippen molar-refractivity contribution in [3.05, 3.63) is 47.9 Å². The van der Waals surface area contributed by atoms with Gasteiger partial charge in [0.2, 0.25) is 10.0 Å². The lowest BCUT2D eigenvalue weighted by molar-refractivity contribution is 0.264. The zero-order chi connectivity index (χ0) is 17.2. The second-order valence-corrected chi connectivity index (χ2v) is 8.14. The largest absolute Gasteiger partial charge is 0.382 e. The lowest BCUT2D eigenvalue weighted by Crippen LogP contribution is -2.40. The number of benzene rings is 1. The summed E-state index contributed by atoms with van der Waals surface area (Å²) in [5, 5.41) is 0. The van der Waals surface area contributed by atoms with Crippen LogP contribution in [0.4, 0.5) is 5.82 Å². The molecule has 1 aliphatic rings. The Morgan fingerprint density at radius 3 is 2.75 bits per heavy atom. The summed E-state index contributed by atoms with van der Waals surface area (Å²) in [6.45, 7) is 2.88. The van der Waals surface area contributed by atoms with Gasteiger partial charge in [0.1, 0.15) is 5.82 Å². The van der Waals surface area contributed by atoms with E-state index in [-0.39, 0.29) is 5.92 Å². The quantitative estimate of drug-likeness (QED) is 0.915. The fraction of sp³-hybridized carbons (Fsp3) is 0.412. The molecule has 3 rings (SSSR count). The second-order valence-electron chi connectivity index (χ2n) is 6.23. The van der Waals surface area contributed by atoms with E-state index in [0.29, 0.717) is 30.2 Å². The minimum Gasteiger partial charge on any atom is -0.382 e. The van der Waals surface area contributed by atoms with Crippen LogP contribution < -0.4 is 5.73 Å². The highest BCUT2D eigenvalue weighted by Crippen LogP contribution is 2.27. The lowest BCUT2D eigenvalue weighted by Gasteiger charge is -2.32. The smallest absolute Gasteiger partial charge is 0.243 e. The van der Waals surface area contributed by atoms with Gasteiger partial charge in [0.15, 0.2) is 0 Å². The number of nitrogens with zero attached hydrogens (tertiary/aromatic N) is 3. The first-order chi connectivity index (χ1) is 11.5. The molecular weight excluding hydrogens is 324 g/mol. The van der Waals surface area contributed by atoms with Crippen molar-refractivity contribution in [3.63, 3.8) is 0 Å². The summed E-state index contributed by atoms with van der Waals surface area (Å²) >= 11 is 0. The predicted molar refractivity (Wildman–Crippen MR) is 92.8 cm³/mol. The van der Waals surface area contributed by atoms with E-state index in [2.05, 4.69) is 9.97 Å². The molecule has 7 heteroatoms. The van der Waals surface area contributed by atoms with Gasteiger partial charge in [0.25, 0.3) is 0 Å². The Balaban J connectivity index is 1.78. The van der Waals surface area contributed by atoms with Gasteiger partial charge in [-0.2, -0.15) is 4.31 Å². The highest BCUT2D eigenvalue weighted by molar-refractivity contribution is 7.89. The Labute approximate surface area is 142 Å². The highest BCUT2D eigenvalue weighted by Gasteiger charge is 2.31. The standard InChI is InChI=1S/C17H22N4O2S/c1-13-5-2-3-7-16(13)24(22,23)21-10-4-6-14(12-21)11-15-17(18)20-9-8-19-15/h2-3,5,7-9,14H,4,6,10-12H2,1H3,(H2,18,20). The SMILES string of the molecule is Cc1ccccc1S(=O)(=O)N1CCCC(Cc2nccnc2N)C1. The van der Waals surface area contributed by atoms with Crippen molar-refractivity contribution >= 4 is 15.8 Å². The highest BCUT2D eigenvalue weighted by atomic mass is 32.2. The number of hydrogen-bond donors (Lipinski definition) is 1. The van der Waals surface area contributed by atoms with Gasteiger partial charge in [0, 0.05) is 25.5 Å². The van der Waals surface area contributed by atoms with Crippen LogP contribution in [0.2, 0.25) is 0 Å². The van der Waals surface area contributed by atoms with E-state index in [0.717, 1.165) is 24.1 Å². The van der Waals surface area contributed by atoms with E-state index >= 15 is 0 Å². The Bertz CT molecular complexity index is 823. The number of rotatable bonds is 4. The summed E-state index contributed by atoms with van der Waals surface area (Å²) in [6.07, 6.45) is 5.65. The van der Waals surface area contributed by atoms with E-state index in [1.165, 1.54) is 0 Å². The Kier molecular flexibility index (Phi) is 4.82. The Morgan fingerprint density at radius 1 is 1.25 bits per heavy atom. The number of sulfonamides is 1. The summed E-state index contributed by atoms with van der Waals surface area (Å²) in [4.78, 5) is 8.72. The molecule has 2 aromatic rings. The molecule has 1 aromatic heterocycles. The molecule has 6 nitrogen and oxygen atoms in total. The number of hydrogen-bond acceptors (Lipinski definition) is 5. The Hall–Kier alpha value is -1.99. The Morgan fingerprint density at radius 2 is 2.00 bits per heavy atom. The van der Waals surface area contributed by atoms with Crippen LogP contribution in [0.1, 0.15) is 24.1 Å². The van der Waals surface area contributed by atoms with Gasteiger partial charge < -0.3 is 5.73 Å². The monoisotopic (exact) mass is 346 g/mol. The zero-order valence-corrected chi connectivity index (χ0v) is 14.5. The molecule has 0 bridgehead atoms. The summed E-state index contributed by atoms with van der Waals surface area (Å²) in [5.74, 6) is 0.632. The van der Waals surface area contributed by atoms with Crippen molar-refractivity contribution in [2.24, 2.45) is 5.92 Å². The van der Waals surface area contributed by atoms with Crippen LogP contribution in [-0.4, -0.2) is 35.8 Å². The first kappa shape index (κ1) is 16.9. The summed E-state index contributed by atoms with van der Waals surface area (Å²) in [5.41, 5.74) is 7.39. The molecule has 1 fully saturated rings. The zero-order valence-electron chi connectivity index (χ0n) is 13.7. The van der Waals surface area contributed by atoms with E-state index in [1.807, 2.05) is 19.1 Å². The lowest BCUT2D eigenvalue weighted by atomic mass is 9.94. The number of aryl methyl sites for hydroxylation is 1. The molecule has 0 saturated carbocycles. The average Bonchev–Trinajstić information content (AvgIpc) is 2.57. The summed E-state index contributed by atoms with van der Waals surface area (Å²) < 4.78 is 27.5. The number of piperidine rings is 1. The van der Waals surface area contributed by atoms with Crippen molar-refractivity contribution in [1.29, 1.82) is 0 Å². The summed E-state index contributed by atoms with van der Waals surface area (Å²) in [7, 11) is -3.46. The van der Waals surface area contributed by atoms with Gasteiger partial charge in [-0.1, -0.05) is 18.2 Å². The van der Waals surface area contributed by atoms with Crippen molar-refractivity contribution in [2.45, 2.75) is 31.1 Å². The van der Waals surface area contributed by atoms with Crippen molar-refractivity contribution < 1.29 is 8.42 Å². The molecule has 0 spiro atoms. The third-order valence-electron chi connectivity index (χ3n) is 4.48. The molecule has 1 aliphatic heterocycles. The first-order valence-corrected chi connectivity index (χ1v) is 9.53. The fourth-order valence-electron chi connectivity index (χ4n) is 3.21. The maximum Gasteiger partial charge on any atom is 0.243 e. The maximum atomic E-state index is 12.9. The molecular formula is C17H22N4O2S. The van der Waals surface area contributed by atoms with Gasteiger partial charge >= 0.3 is 0 Å². The van der Waals surface area contributed by atoms with Crippen molar-refractivity contribution in [2.75, 3.05) is 18.8 Å². The first-order valence-electron chi connectivity index (χ1n) is 8.09. The van der Waals surface area contributed by atoms with Gasteiger partial charge in [-0.15, -0.1) is 0 Å². The predicted octanol–water partition coefficient (Wildman–Crippen LogP) is 2.01. The molecule has 2 N–H and O–H groups in total. The van der Waals surface area contributed by atoms with E-state index < -0.39 is 10.0 Å².